The zero-order valence-corrected chi connectivity index (χ0v) is 15.0. The third-order valence-electron chi connectivity index (χ3n) is 4.80. The SMILES string of the molecule is O=C(NC(CN1CCCC1)c1ccccc1)c1cc2ccccc2s1. The highest BCUT2D eigenvalue weighted by molar-refractivity contribution is 7.20. The average molecular weight is 350 g/mol. The van der Waals surface area contributed by atoms with E-state index in [-0.39, 0.29) is 11.9 Å². The third kappa shape index (κ3) is 3.75. The molecule has 1 aliphatic rings. The lowest BCUT2D eigenvalue weighted by Crippen LogP contribution is -2.36. The van der Waals surface area contributed by atoms with Crippen LogP contribution >= 0.6 is 11.3 Å². The first-order chi connectivity index (χ1) is 12.3. The standard InChI is InChI=1S/C21H22N2OS/c24-21(20-14-17-10-4-5-11-19(17)25-20)22-18(15-23-12-6-7-13-23)16-8-2-1-3-9-16/h1-5,8-11,14,18H,6-7,12-13,15H2,(H,22,24). The monoisotopic (exact) mass is 350 g/mol. The van der Waals surface area contributed by atoms with Gasteiger partial charge in [-0.05, 0) is 49.0 Å². The van der Waals surface area contributed by atoms with Crippen molar-refractivity contribution < 1.29 is 4.79 Å². The summed E-state index contributed by atoms with van der Waals surface area (Å²) in [6.45, 7) is 3.13. The molecule has 2 aromatic carbocycles. The van der Waals surface area contributed by atoms with E-state index in [1.807, 2.05) is 36.4 Å². The van der Waals surface area contributed by atoms with Gasteiger partial charge in [0.1, 0.15) is 0 Å². The number of fused-ring (bicyclic) bond motifs is 1. The number of carbonyl (C=O) groups is 1. The lowest BCUT2D eigenvalue weighted by Gasteiger charge is -2.24. The molecule has 0 saturated carbocycles. The fourth-order valence-electron chi connectivity index (χ4n) is 3.47. The Labute approximate surface area is 152 Å². The highest BCUT2D eigenvalue weighted by Crippen LogP contribution is 2.26. The van der Waals surface area contributed by atoms with E-state index in [9.17, 15) is 4.79 Å². The Morgan fingerprint density at radius 3 is 2.52 bits per heavy atom. The van der Waals surface area contributed by atoms with Crippen molar-refractivity contribution in [2.24, 2.45) is 0 Å². The fraction of sp³-hybridized carbons (Fsp3) is 0.286. The van der Waals surface area contributed by atoms with Gasteiger partial charge in [0, 0.05) is 11.2 Å². The Bertz CT molecular complexity index is 819. The van der Waals surface area contributed by atoms with Gasteiger partial charge in [0.25, 0.3) is 5.91 Å². The quantitative estimate of drug-likeness (QED) is 0.736. The molecule has 2 heterocycles. The highest BCUT2D eigenvalue weighted by Gasteiger charge is 2.22. The smallest absolute Gasteiger partial charge is 0.261 e. The van der Waals surface area contributed by atoms with E-state index in [1.54, 1.807) is 11.3 Å². The van der Waals surface area contributed by atoms with Gasteiger partial charge in [-0.25, -0.2) is 0 Å². The first kappa shape index (κ1) is 16.3. The molecule has 0 spiro atoms. The predicted molar refractivity (Wildman–Crippen MR) is 104 cm³/mol. The van der Waals surface area contributed by atoms with Gasteiger partial charge in [-0.3, -0.25) is 4.79 Å². The molecule has 0 radical (unpaired) electrons. The molecule has 25 heavy (non-hydrogen) atoms. The Hall–Kier alpha value is -2.17. The van der Waals surface area contributed by atoms with Crippen molar-refractivity contribution in [2.75, 3.05) is 19.6 Å². The van der Waals surface area contributed by atoms with Crippen LogP contribution in [0.25, 0.3) is 10.1 Å². The van der Waals surface area contributed by atoms with E-state index in [2.05, 4.69) is 34.5 Å². The number of benzene rings is 2. The van der Waals surface area contributed by atoms with Crippen molar-refractivity contribution in [3.63, 3.8) is 0 Å². The lowest BCUT2D eigenvalue weighted by atomic mass is 10.1. The van der Waals surface area contributed by atoms with Crippen LogP contribution in [0.1, 0.15) is 34.1 Å². The van der Waals surface area contributed by atoms with E-state index in [0.717, 1.165) is 34.6 Å². The van der Waals surface area contributed by atoms with E-state index >= 15 is 0 Å². The Kier molecular flexibility index (Phi) is 4.81. The van der Waals surface area contributed by atoms with E-state index < -0.39 is 0 Å². The van der Waals surface area contributed by atoms with Gasteiger partial charge in [0.05, 0.1) is 10.9 Å². The normalized spacial score (nSPS) is 16.2. The summed E-state index contributed by atoms with van der Waals surface area (Å²) in [4.78, 5) is 16.1. The van der Waals surface area contributed by atoms with Crippen LogP contribution in [0.5, 0.6) is 0 Å². The molecule has 1 unspecified atom stereocenters. The Balaban J connectivity index is 1.55. The maximum absolute atomic E-state index is 12.9. The summed E-state index contributed by atoms with van der Waals surface area (Å²) in [7, 11) is 0. The summed E-state index contributed by atoms with van der Waals surface area (Å²) in [6, 6.07) is 20.5. The number of nitrogens with zero attached hydrogens (tertiary/aromatic N) is 1. The molecule has 4 rings (SSSR count). The minimum atomic E-state index is 0.0225. The summed E-state index contributed by atoms with van der Waals surface area (Å²) >= 11 is 1.56. The van der Waals surface area contributed by atoms with Gasteiger partial charge in [-0.1, -0.05) is 48.5 Å². The number of likely N-dealkylation sites (tertiary alicyclic amines) is 1. The van der Waals surface area contributed by atoms with Crippen molar-refractivity contribution in [3.05, 3.63) is 71.1 Å². The summed E-state index contributed by atoms with van der Waals surface area (Å²) in [6.07, 6.45) is 2.51. The largest absolute Gasteiger partial charge is 0.343 e. The van der Waals surface area contributed by atoms with Crippen molar-refractivity contribution in [1.29, 1.82) is 0 Å². The second kappa shape index (κ2) is 7.38. The second-order valence-electron chi connectivity index (χ2n) is 6.59. The molecule has 1 atom stereocenters. The summed E-state index contributed by atoms with van der Waals surface area (Å²) < 4.78 is 1.16. The molecule has 1 N–H and O–H groups in total. The molecular formula is C21H22N2OS. The van der Waals surface area contributed by atoms with Crippen LogP contribution in [-0.4, -0.2) is 30.4 Å². The molecule has 1 fully saturated rings. The molecule has 0 aliphatic carbocycles. The van der Waals surface area contributed by atoms with Crippen LogP contribution in [0.2, 0.25) is 0 Å². The highest BCUT2D eigenvalue weighted by atomic mass is 32.1. The van der Waals surface area contributed by atoms with E-state index in [0.29, 0.717) is 0 Å². The Morgan fingerprint density at radius 2 is 1.76 bits per heavy atom. The Morgan fingerprint density at radius 1 is 1.04 bits per heavy atom. The van der Waals surface area contributed by atoms with Gasteiger partial charge >= 0.3 is 0 Å². The summed E-state index contributed by atoms with van der Waals surface area (Å²) in [5, 5.41) is 4.40. The first-order valence-electron chi connectivity index (χ1n) is 8.86. The number of thiophene rings is 1. The summed E-state index contributed by atoms with van der Waals surface area (Å²) in [5.41, 5.74) is 1.17. The lowest BCUT2D eigenvalue weighted by molar-refractivity contribution is 0.0931. The zero-order chi connectivity index (χ0) is 17.1. The first-order valence-corrected chi connectivity index (χ1v) is 9.68. The molecule has 3 nitrogen and oxygen atoms in total. The fourth-order valence-corrected chi connectivity index (χ4v) is 4.43. The summed E-state index contributed by atoms with van der Waals surface area (Å²) in [5.74, 6) is 0.0225. The van der Waals surface area contributed by atoms with Crippen LogP contribution in [0.3, 0.4) is 0 Å². The van der Waals surface area contributed by atoms with Gasteiger partial charge in [0.15, 0.2) is 0 Å². The van der Waals surface area contributed by atoms with Crippen molar-refractivity contribution in [1.82, 2.24) is 10.2 Å². The minimum Gasteiger partial charge on any atom is -0.343 e. The van der Waals surface area contributed by atoms with E-state index in [1.165, 1.54) is 18.4 Å². The van der Waals surface area contributed by atoms with Crippen LogP contribution in [0, 0.1) is 0 Å². The molecule has 1 amide bonds. The number of nitrogens with one attached hydrogen (secondary N) is 1. The molecule has 1 saturated heterocycles. The second-order valence-corrected chi connectivity index (χ2v) is 7.68. The van der Waals surface area contributed by atoms with E-state index in [4.69, 9.17) is 0 Å². The van der Waals surface area contributed by atoms with Crippen LogP contribution in [-0.2, 0) is 0 Å². The molecule has 4 heteroatoms. The van der Waals surface area contributed by atoms with Gasteiger partial charge in [-0.2, -0.15) is 0 Å². The van der Waals surface area contributed by atoms with Crippen molar-refractivity contribution in [3.8, 4) is 0 Å². The number of rotatable bonds is 5. The topological polar surface area (TPSA) is 32.3 Å². The zero-order valence-electron chi connectivity index (χ0n) is 14.2. The van der Waals surface area contributed by atoms with Crippen LogP contribution in [0.15, 0.2) is 60.7 Å². The number of hydrogen-bond acceptors (Lipinski definition) is 3. The number of carbonyl (C=O) groups excluding carboxylic acids is 1. The molecule has 1 aliphatic heterocycles. The van der Waals surface area contributed by atoms with Gasteiger partial charge < -0.3 is 10.2 Å². The average Bonchev–Trinajstić information content (AvgIpc) is 3.31. The minimum absolute atomic E-state index is 0.0225. The molecule has 0 bridgehead atoms. The van der Waals surface area contributed by atoms with Crippen LogP contribution < -0.4 is 5.32 Å². The predicted octanol–water partition coefficient (Wildman–Crippen LogP) is 4.47. The maximum atomic E-state index is 12.9. The van der Waals surface area contributed by atoms with Crippen LogP contribution in [0.4, 0.5) is 0 Å². The molecular weight excluding hydrogens is 328 g/mol. The van der Waals surface area contributed by atoms with Crippen molar-refractivity contribution in [2.45, 2.75) is 18.9 Å². The van der Waals surface area contributed by atoms with Gasteiger partial charge in [0.2, 0.25) is 0 Å². The maximum Gasteiger partial charge on any atom is 0.261 e. The van der Waals surface area contributed by atoms with Gasteiger partial charge in [-0.15, -0.1) is 11.3 Å². The molecule has 3 aromatic rings. The molecule has 1 aromatic heterocycles. The third-order valence-corrected chi connectivity index (χ3v) is 5.91. The number of hydrogen-bond donors (Lipinski definition) is 1. The van der Waals surface area contributed by atoms with Crippen molar-refractivity contribution >= 4 is 27.3 Å². The molecule has 128 valence electrons. The number of amides is 1.